The standard InChI is InChI=1S/C24H29.3C16H13.2CH5Si.2Hf/c1-5-6-10-13-24(3,4)21-16-20-14-18(2)15-22(20)23(17-21)19-11-8-7-9-12-19;3*1-12-10-14-8-5-9-15(16(14)11-12)13-6-3-2-4-7-13;2*1-2;;/h7-9,11-12,14-17H,5-6,10,13H2,1-4H3;3*2-11H,1H3;2*2H2,1H3;;. The van der Waals surface area contributed by atoms with Crippen LogP contribution in [-0.2, 0) is 46.6 Å². The van der Waals surface area contributed by atoms with E-state index in [0.717, 1.165) is 7.35 Å². The zero-order valence-corrected chi connectivity index (χ0v) is 57.8. The van der Waals surface area contributed by atoms with Gasteiger partial charge in [0.25, 0.3) is 0 Å². The van der Waals surface area contributed by atoms with Gasteiger partial charge in [0.05, 0.1) is 0 Å². The first kappa shape index (κ1) is 54.8. The van der Waals surface area contributed by atoms with Crippen LogP contribution in [-0.4, -0.2) is 13.4 Å². The van der Waals surface area contributed by atoms with Crippen molar-refractivity contribution in [3.63, 3.8) is 0 Å². The minimum atomic E-state index is -2.24. The van der Waals surface area contributed by atoms with Gasteiger partial charge in [-0.3, -0.25) is 0 Å². The fourth-order valence-electron chi connectivity index (χ4n) is 14.2. The summed E-state index contributed by atoms with van der Waals surface area (Å²) in [5, 5.41) is 0. The Kier molecular flexibility index (Phi) is 16.8. The molecule has 0 N–H and O–H groups in total. The number of hydrogen-bond donors (Lipinski definition) is 0. The molecule has 0 saturated heterocycles. The van der Waals surface area contributed by atoms with Crippen molar-refractivity contribution in [1.82, 2.24) is 0 Å². The molecular formula is C74H78Hf2Si2. The van der Waals surface area contributed by atoms with Crippen LogP contribution in [0.15, 0.2) is 210 Å². The second-order valence-electron chi connectivity index (χ2n) is 23.4. The molecule has 0 aliphatic heterocycles. The average Bonchev–Trinajstić information content (AvgIpc) is 4.20. The van der Waals surface area contributed by atoms with Crippen molar-refractivity contribution in [3.8, 4) is 44.5 Å². The number of allylic oxidation sites excluding steroid dienone is 4. The van der Waals surface area contributed by atoms with Crippen LogP contribution in [0.25, 0.3) is 68.8 Å². The van der Waals surface area contributed by atoms with Crippen LogP contribution < -0.4 is 0 Å². The third-order valence-electron chi connectivity index (χ3n) is 18.0. The molecule has 4 aliphatic carbocycles. The summed E-state index contributed by atoms with van der Waals surface area (Å²) < 4.78 is 2.82. The zero-order chi connectivity index (χ0) is 54.1. The summed E-state index contributed by atoms with van der Waals surface area (Å²) >= 11 is -4.33. The van der Waals surface area contributed by atoms with Gasteiger partial charge in [-0.2, -0.15) is 0 Å². The van der Waals surface area contributed by atoms with Crippen molar-refractivity contribution in [1.29, 1.82) is 0 Å². The summed E-state index contributed by atoms with van der Waals surface area (Å²) in [6.07, 6.45) is 15.4. The normalized spacial score (nSPS) is 18.0. The molecule has 4 aliphatic rings. The molecule has 4 heteroatoms. The van der Waals surface area contributed by atoms with E-state index in [0.29, 0.717) is 7.35 Å². The van der Waals surface area contributed by atoms with Gasteiger partial charge >= 0.3 is 491 Å². The Morgan fingerprint density at radius 3 is 1.03 bits per heavy atom. The quantitative estimate of drug-likeness (QED) is 0.0709. The molecule has 0 bridgehead atoms. The van der Waals surface area contributed by atoms with Gasteiger partial charge in [-0.05, 0) is 0 Å². The van der Waals surface area contributed by atoms with E-state index in [4.69, 9.17) is 0 Å². The molecule has 0 amide bonds. The van der Waals surface area contributed by atoms with Gasteiger partial charge in [0.2, 0.25) is 0 Å². The van der Waals surface area contributed by atoms with Crippen LogP contribution in [0.3, 0.4) is 0 Å². The second-order valence-corrected chi connectivity index (χ2v) is 70.0. The van der Waals surface area contributed by atoms with Crippen molar-refractivity contribution >= 4 is 37.7 Å². The summed E-state index contributed by atoms with van der Waals surface area (Å²) in [5.74, 6) is 0. The average molecular weight is 1380 g/mol. The number of hydrogen-bond acceptors (Lipinski definition) is 0. The molecule has 0 heterocycles. The maximum absolute atomic E-state index is 2.69. The molecule has 390 valence electrons. The zero-order valence-electron chi connectivity index (χ0n) is 47.8. The summed E-state index contributed by atoms with van der Waals surface area (Å²) in [5.41, 5.74) is 31.8. The first-order chi connectivity index (χ1) is 38.0. The molecule has 0 spiro atoms. The molecule has 0 aromatic heterocycles. The van der Waals surface area contributed by atoms with Crippen molar-refractivity contribution in [2.24, 2.45) is 0 Å². The van der Waals surface area contributed by atoms with E-state index in [2.05, 4.69) is 274 Å². The van der Waals surface area contributed by atoms with Gasteiger partial charge in [-0.15, -0.1) is 0 Å². The molecule has 0 saturated carbocycles. The Balaban J connectivity index is 0.000000169. The molecule has 4 atom stereocenters. The Hall–Kier alpha value is -5.11. The van der Waals surface area contributed by atoms with Crippen molar-refractivity contribution in [2.75, 3.05) is 0 Å². The summed E-state index contributed by atoms with van der Waals surface area (Å²) in [7, 11) is 0. The minimum absolute atomic E-state index is 0.0923. The third-order valence-corrected chi connectivity index (χ3v) is 72.3. The van der Waals surface area contributed by atoms with E-state index in [-0.39, 0.29) is 18.8 Å². The Bertz CT molecular complexity index is 3480. The van der Waals surface area contributed by atoms with Gasteiger partial charge in [0.15, 0.2) is 0 Å². The van der Waals surface area contributed by atoms with E-state index in [9.17, 15) is 0 Å². The monoisotopic (exact) mass is 1380 g/mol. The number of rotatable bonds is 15. The van der Waals surface area contributed by atoms with E-state index < -0.39 is 41.2 Å². The van der Waals surface area contributed by atoms with Gasteiger partial charge in [0.1, 0.15) is 0 Å². The summed E-state index contributed by atoms with van der Waals surface area (Å²) in [4.78, 5) is 0. The molecule has 0 nitrogen and oxygen atoms in total. The number of fused-ring (bicyclic) bond motifs is 4. The molecule has 0 fully saturated rings. The number of unbranched alkanes of at least 4 members (excludes halogenated alkanes) is 2. The van der Waals surface area contributed by atoms with Crippen molar-refractivity contribution in [2.45, 2.75) is 107 Å². The van der Waals surface area contributed by atoms with Crippen LogP contribution in [0.5, 0.6) is 0 Å². The molecule has 4 unspecified atom stereocenters. The van der Waals surface area contributed by atoms with Gasteiger partial charge in [-0.25, -0.2) is 0 Å². The van der Waals surface area contributed by atoms with Crippen LogP contribution in [0.1, 0.15) is 139 Å². The van der Waals surface area contributed by atoms with Crippen molar-refractivity contribution in [3.05, 3.63) is 260 Å². The maximum atomic E-state index is 2.69. The predicted molar refractivity (Wildman–Crippen MR) is 339 cm³/mol. The van der Waals surface area contributed by atoms with E-state index in [1.807, 2.05) is 0 Å². The van der Waals surface area contributed by atoms with Crippen LogP contribution >= 0.6 is 0 Å². The van der Waals surface area contributed by atoms with Crippen molar-refractivity contribution < 1.29 is 41.2 Å². The topological polar surface area (TPSA) is 0 Å². The summed E-state index contributed by atoms with van der Waals surface area (Å²) in [6, 6.07) is 70.7. The molecular weight excluding hydrogens is 1300 g/mol. The van der Waals surface area contributed by atoms with Crippen LogP contribution in [0.2, 0.25) is 13.1 Å². The van der Waals surface area contributed by atoms with Crippen LogP contribution in [0.4, 0.5) is 0 Å². The fourth-order valence-corrected chi connectivity index (χ4v) is 72.5. The third kappa shape index (κ3) is 10.6. The number of benzene rings is 8. The summed E-state index contributed by atoms with van der Waals surface area (Å²) in [6.45, 7) is 22.1. The Morgan fingerprint density at radius 2 is 0.692 bits per heavy atom. The SMILES string of the molecule is CCCCCC(C)(C)c1cc(-c2ccccc2)c2c(c1)[CH]([Hf]([SiH2]C)[CH]1C(C)=Cc3c(-c4ccccc4)cccc31)C(C)=C2.C[SiH2][Hf]([CH]1C(C)=Cc2c(-c3ccccc3)cccc21)[CH]1C(C)=Cc2c(-c3ccccc3)cccc21. The Morgan fingerprint density at radius 1 is 0.372 bits per heavy atom. The fraction of sp³-hybridized carbons (Fsp3) is 0.243. The predicted octanol–water partition coefficient (Wildman–Crippen LogP) is 19.6. The van der Waals surface area contributed by atoms with Crippen LogP contribution in [0, 0.1) is 0 Å². The molecule has 0 radical (unpaired) electrons. The second kappa shape index (κ2) is 23.9. The molecule has 8 aromatic carbocycles. The van der Waals surface area contributed by atoms with Gasteiger partial charge in [0, 0.05) is 0 Å². The molecule has 8 aromatic rings. The Labute approximate surface area is 486 Å². The molecule has 78 heavy (non-hydrogen) atoms. The molecule has 12 rings (SSSR count). The van der Waals surface area contributed by atoms with E-state index in [1.165, 1.54) is 92.4 Å². The van der Waals surface area contributed by atoms with E-state index in [1.54, 1.807) is 50.1 Å². The van der Waals surface area contributed by atoms with Gasteiger partial charge < -0.3 is 0 Å². The first-order valence-corrected chi connectivity index (χ1v) is 57.0. The van der Waals surface area contributed by atoms with E-state index >= 15 is 0 Å². The first-order valence-electron chi connectivity index (χ1n) is 29.2. The van der Waals surface area contributed by atoms with Gasteiger partial charge in [-0.1, -0.05) is 0 Å².